The molecule has 6 nitrogen and oxygen atoms in total. The maximum atomic E-state index is 10.1. The first-order valence-corrected chi connectivity index (χ1v) is 9.03. The number of nitrogens with zero attached hydrogens (tertiary/aromatic N) is 2. The van der Waals surface area contributed by atoms with Crippen LogP contribution in [0.3, 0.4) is 0 Å². The highest BCUT2D eigenvalue weighted by Crippen LogP contribution is 2.31. The lowest BCUT2D eigenvalue weighted by molar-refractivity contribution is -0.0608. The third-order valence-electron chi connectivity index (χ3n) is 5.32. The van der Waals surface area contributed by atoms with E-state index in [1.54, 1.807) is 7.11 Å². The van der Waals surface area contributed by atoms with Crippen LogP contribution in [-0.4, -0.2) is 52.5 Å². The van der Waals surface area contributed by atoms with Gasteiger partial charge in [0, 0.05) is 25.2 Å². The van der Waals surface area contributed by atoms with Crippen molar-refractivity contribution in [2.24, 2.45) is 0 Å². The normalized spacial score (nSPS) is 17.5. The molecular formula is C20H28N2O4. The van der Waals surface area contributed by atoms with Gasteiger partial charge in [-0.2, -0.15) is 0 Å². The van der Waals surface area contributed by atoms with Gasteiger partial charge in [0.1, 0.15) is 11.5 Å². The molecule has 0 radical (unpaired) electrons. The van der Waals surface area contributed by atoms with Gasteiger partial charge in [0.15, 0.2) is 0 Å². The number of aryl methyl sites for hydroxylation is 3. The molecule has 1 aromatic heterocycles. The predicted molar refractivity (Wildman–Crippen MR) is 99.2 cm³/mol. The summed E-state index contributed by atoms with van der Waals surface area (Å²) in [4.78, 5) is 6.97. The molecule has 6 heteroatoms. The lowest BCUT2D eigenvalue weighted by Crippen LogP contribution is -2.46. The van der Waals surface area contributed by atoms with Crippen molar-refractivity contribution in [1.82, 2.24) is 9.88 Å². The minimum absolute atomic E-state index is 0.177. The van der Waals surface area contributed by atoms with E-state index < -0.39 is 5.60 Å². The third kappa shape index (κ3) is 3.77. The number of aromatic nitrogens is 1. The van der Waals surface area contributed by atoms with Crippen LogP contribution in [0.2, 0.25) is 0 Å². The van der Waals surface area contributed by atoms with Gasteiger partial charge in [0.2, 0.25) is 5.89 Å². The fourth-order valence-corrected chi connectivity index (χ4v) is 3.43. The molecule has 0 aliphatic carbocycles. The zero-order chi connectivity index (χ0) is 18.9. The van der Waals surface area contributed by atoms with E-state index in [4.69, 9.17) is 14.1 Å². The molecule has 3 rings (SSSR count). The second-order valence-corrected chi connectivity index (χ2v) is 7.32. The Hall–Kier alpha value is -1.89. The van der Waals surface area contributed by atoms with Crippen molar-refractivity contribution in [1.29, 1.82) is 0 Å². The fraction of sp³-hybridized carbons (Fsp3) is 0.550. The van der Waals surface area contributed by atoms with Gasteiger partial charge in [-0.05, 0) is 56.9 Å². The molecule has 2 N–H and O–H groups in total. The summed E-state index contributed by atoms with van der Waals surface area (Å²) >= 11 is 0. The summed E-state index contributed by atoms with van der Waals surface area (Å²) in [5.41, 5.74) is 3.07. The maximum absolute atomic E-state index is 10.1. The van der Waals surface area contributed by atoms with Crippen LogP contribution in [-0.2, 0) is 6.54 Å². The van der Waals surface area contributed by atoms with Crippen molar-refractivity contribution < 1.29 is 19.4 Å². The molecule has 0 bridgehead atoms. The molecule has 2 heterocycles. The minimum Gasteiger partial charge on any atom is -0.496 e. The average molecular weight is 360 g/mol. The summed E-state index contributed by atoms with van der Waals surface area (Å²) < 4.78 is 11.3. The number of oxazole rings is 1. The van der Waals surface area contributed by atoms with Gasteiger partial charge in [-0.1, -0.05) is 0 Å². The summed E-state index contributed by atoms with van der Waals surface area (Å²) in [6, 6.07) is 4.05. The van der Waals surface area contributed by atoms with Crippen LogP contribution in [0.25, 0.3) is 11.5 Å². The Morgan fingerprint density at radius 3 is 2.50 bits per heavy atom. The molecule has 1 fully saturated rings. The third-order valence-corrected chi connectivity index (χ3v) is 5.32. The van der Waals surface area contributed by atoms with E-state index in [-0.39, 0.29) is 6.61 Å². The van der Waals surface area contributed by atoms with E-state index >= 15 is 0 Å². The summed E-state index contributed by atoms with van der Waals surface area (Å²) in [6.45, 7) is 7.95. The van der Waals surface area contributed by atoms with Crippen LogP contribution in [0.5, 0.6) is 5.75 Å². The zero-order valence-electron chi connectivity index (χ0n) is 16.0. The number of rotatable bonds is 5. The number of aliphatic hydroxyl groups excluding tert-OH is 1. The number of ether oxygens (including phenoxy) is 1. The van der Waals surface area contributed by atoms with E-state index in [0.29, 0.717) is 25.3 Å². The number of likely N-dealkylation sites (tertiary alicyclic amines) is 1. The Kier molecular flexibility index (Phi) is 5.37. The zero-order valence-corrected chi connectivity index (χ0v) is 16.0. The first kappa shape index (κ1) is 18.9. The smallest absolute Gasteiger partial charge is 0.226 e. The first-order chi connectivity index (χ1) is 12.3. The van der Waals surface area contributed by atoms with Crippen molar-refractivity contribution in [3.8, 4) is 17.2 Å². The average Bonchev–Trinajstić information content (AvgIpc) is 2.99. The lowest BCUT2D eigenvalue weighted by Gasteiger charge is -2.36. The molecule has 1 aliphatic heterocycles. The second-order valence-electron chi connectivity index (χ2n) is 7.32. The van der Waals surface area contributed by atoms with Crippen LogP contribution in [0.4, 0.5) is 0 Å². The van der Waals surface area contributed by atoms with Crippen molar-refractivity contribution in [3.63, 3.8) is 0 Å². The molecule has 1 aromatic carbocycles. The molecule has 0 unspecified atom stereocenters. The quantitative estimate of drug-likeness (QED) is 0.853. The highest BCUT2D eigenvalue weighted by atomic mass is 16.5. The first-order valence-electron chi connectivity index (χ1n) is 9.03. The monoisotopic (exact) mass is 360 g/mol. The van der Waals surface area contributed by atoms with Gasteiger partial charge in [-0.25, -0.2) is 4.98 Å². The SMILES string of the molecule is COc1cc(C)c(-c2nc(CN3CCC(O)(CO)CC3)c(C)o2)cc1C. The van der Waals surface area contributed by atoms with E-state index in [1.165, 1.54) is 0 Å². The molecule has 1 saturated heterocycles. The molecular weight excluding hydrogens is 332 g/mol. The molecule has 0 atom stereocenters. The van der Waals surface area contributed by atoms with Crippen molar-refractivity contribution >= 4 is 0 Å². The number of hydrogen-bond acceptors (Lipinski definition) is 6. The second kappa shape index (κ2) is 7.39. The van der Waals surface area contributed by atoms with E-state index in [9.17, 15) is 10.2 Å². The van der Waals surface area contributed by atoms with E-state index in [2.05, 4.69) is 4.90 Å². The summed E-state index contributed by atoms with van der Waals surface area (Å²) in [6.07, 6.45) is 1.15. The predicted octanol–water partition coefficient (Wildman–Crippen LogP) is 2.59. The van der Waals surface area contributed by atoms with Gasteiger partial charge >= 0.3 is 0 Å². The van der Waals surface area contributed by atoms with Crippen LogP contribution in [0, 0.1) is 20.8 Å². The van der Waals surface area contributed by atoms with Crippen LogP contribution >= 0.6 is 0 Å². The van der Waals surface area contributed by atoms with Gasteiger partial charge in [0.05, 0.1) is 25.0 Å². The molecule has 0 saturated carbocycles. The molecule has 2 aromatic rings. The lowest BCUT2D eigenvalue weighted by atomic mass is 9.92. The van der Waals surface area contributed by atoms with Crippen LogP contribution in [0.15, 0.2) is 16.5 Å². The van der Waals surface area contributed by atoms with Gasteiger partial charge < -0.3 is 19.4 Å². The fourth-order valence-electron chi connectivity index (χ4n) is 3.43. The largest absolute Gasteiger partial charge is 0.496 e. The van der Waals surface area contributed by atoms with Crippen molar-refractivity contribution in [3.05, 3.63) is 34.7 Å². The van der Waals surface area contributed by atoms with Gasteiger partial charge in [-0.15, -0.1) is 0 Å². The topological polar surface area (TPSA) is 79.0 Å². The Morgan fingerprint density at radius 2 is 1.88 bits per heavy atom. The number of aliphatic hydroxyl groups is 2. The van der Waals surface area contributed by atoms with E-state index in [1.807, 2.05) is 32.9 Å². The Labute approximate surface area is 154 Å². The van der Waals surface area contributed by atoms with Crippen molar-refractivity contribution in [2.45, 2.75) is 45.8 Å². The number of benzene rings is 1. The number of piperidine rings is 1. The van der Waals surface area contributed by atoms with Crippen molar-refractivity contribution in [2.75, 3.05) is 26.8 Å². The molecule has 1 aliphatic rings. The Bertz CT molecular complexity index is 776. The summed E-state index contributed by atoms with van der Waals surface area (Å²) in [7, 11) is 1.67. The van der Waals surface area contributed by atoms with Crippen LogP contribution in [0.1, 0.15) is 35.4 Å². The maximum Gasteiger partial charge on any atom is 0.226 e. The van der Waals surface area contributed by atoms with Gasteiger partial charge in [-0.3, -0.25) is 4.90 Å². The molecule has 0 spiro atoms. The number of methoxy groups -OCH3 is 1. The standard InChI is InChI=1S/C20H28N2O4/c1-13-10-18(25-4)14(2)9-16(13)19-21-17(15(3)26-19)11-22-7-5-20(24,12-23)6-8-22/h9-10,23-24H,5-8,11-12H2,1-4H3. The Morgan fingerprint density at radius 1 is 1.19 bits per heavy atom. The number of hydrogen-bond donors (Lipinski definition) is 2. The molecule has 26 heavy (non-hydrogen) atoms. The van der Waals surface area contributed by atoms with Gasteiger partial charge in [0.25, 0.3) is 0 Å². The molecule has 142 valence electrons. The molecule has 0 amide bonds. The van der Waals surface area contributed by atoms with E-state index in [0.717, 1.165) is 47.0 Å². The highest BCUT2D eigenvalue weighted by molar-refractivity contribution is 5.62. The minimum atomic E-state index is -0.932. The van der Waals surface area contributed by atoms with Crippen LogP contribution < -0.4 is 4.74 Å². The Balaban J connectivity index is 1.77. The highest BCUT2D eigenvalue weighted by Gasteiger charge is 2.32. The summed E-state index contributed by atoms with van der Waals surface area (Å²) in [5.74, 6) is 2.31. The summed E-state index contributed by atoms with van der Waals surface area (Å²) in [5, 5.41) is 19.4.